The predicted molar refractivity (Wildman–Crippen MR) is 110 cm³/mol. The van der Waals surface area contributed by atoms with Crippen LogP contribution in [-0.2, 0) is 19.1 Å². The minimum absolute atomic E-state index is 0.00484. The van der Waals surface area contributed by atoms with Gasteiger partial charge in [-0.25, -0.2) is 0 Å². The Labute approximate surface area is 176 Å². The van der Waals surface area contributed by atoms with Crippen LogP contribution in [-0.4, -0.2) is 85.4 Å². The Morgan fingerprint density at radius 3 is 2.67 bits per heavy atom. The quantitative estimate of drug-likeness (QED) is 0.733. The van der Waals surface area contributed by atoms with Gasteiger partial charge in [0.05, 0.1) is 25.2 Å². The minimum atomic E-state index is -0.242. The van der Waals surface area contributed by atoms with Gasteiger partial charge in [0.1, 0.15) is 6.61 Å². The molecule has 0 saturated carbocycles. The van der Waals surface area contributed by atoms with Gasteiger partial charge in [0.15, 0.2) is 0 Å². The van der Waals surface area contributed by atoms with Crippen LogP contribution in [0.3, 0.4) is 0 Å². The molecule has 0 radical (unpaired) electrons. The highest BCUT2D eigenvalue weighted by molar-refractivity contribution is 5.88. The van der Waals surface area contributed by atoms with Crippen molar-refractivity contribution >= 4 is 11.8 Å². The van der Waals surface area contributed by atoms with Crippen molar-refractivity contribution in [2.24, 2.45) is 5.92 Å². The third kappa shape index (κ3) is 3.95. The Bertz CT molecular complexity index is 837. The van der Waals surface area contributed by atoms with Crippen LogP contribution in [0.5, 0.6) is 0 Å². The number of benzene rings is 1. The van der Waals surface area contributed by atoms with Crippen LogP contribution in [0.4, 0.5) is 0 Å². The van der Waals surface area contributed by atoms with E-state index in [1.54, 1.807) is 16.9 Å². The number of ether oxygens (including phenoxy) is 2. The monoisotopic (exact) mass is 412 g/mol. The van der Waals surface area contributed by atoms with Crippen molar-refractivity contribution < 1.29 is 24.2 Å². The molecule has 0 aliphatic carbocycles. The fraction of sp³-hybridized carbons (Fsp3) is 0.565. The first-order chi connectivity index (χ1) is 14.6. The SMILES string of the molecule is COCC#Cc1ccc([C@H]2[C@H](CO)N3C(=O)CN(C(=O)C4CCOCC4)C[C@@H]23)cc1. The van der Waals surface area contributed by atoms with Gasteiger partial charge in [0.2, 0.25) is 11.8 Å². The van der Waals surface area contributed by atoms with E-state index < -0.39 is 0 Å². The third-order valence-electron chi connectivity index (χ3n) is 6.38. The summed E-state index contributed by atoms with van der Waals surface area (Å²) in [7, 11) is 1.61. The number of piperazine rings is 1. The van der Waals surface area contributed by atoms with Crippen molar-refractivity contribution in [1.82, 2.24) is 9.80 Å². The Morgan fingerprint density at radius 2 is 2.00 bits per heavy atom. The summed E-state index contributed by atoms with van der Waals surface area (Å²) < 4.78 is 10.3. The molecule has 0 aromatic heterocycles. The van der Waals surface area contributed by atoms with E-state index in [4.69, 9.17) is 9.47 Å². The summed E-state index contributed by atoms with van der Waals surface area (Å²) in [5, 5.41) is 9.93. The van der Waals surface area contributed by atoms with E-state index >= 15 is 0 Å². The molecule has 2 amide bonds. The van der Waals surface area contributed by atoms with Crippen LogP contribution in [0.25, 0.3) is 0 Å². The maximum Gasteiger partial charge on any atom is 0.242 e. The van der Waals surface area contributed by atoms with Gasteiger partial charge in [0.25, 0.3) is 0 Å². The van der Waals surface area contributed by atoms with Crippen molar-refractivity contribution in [1.29, 1.82) is 0 Å². The summed E-state index contributed by atoms with van der Waals surface area (Å²) in [4.78, 5) is 29.2. The lowest BCUT2D eigenvalue weighted by atomic mass is 9.73. The Morgan fingerprint density at radius 1 is 1.27 bits per heavy atom. The van der Waals surface area contributed by atoms with Crippen LogP contribution < -0.4 is 0 Å². The highest BCUT2D eigenvalue weighted by Gasteiger charge is 2.54. The highest BCUT2D eigenvalue weighted by Crippen LogP contribution is 2.43. The van der Waals surface area contributed by atoms with Gasteiger partial charge in [-0.2, -0.15) is 0 Å². The molecule has 4 rings (SSSR count). The molecule has 30 heavy (non-hydrogen) atoms. The zero-order valence-electron chi connectivity index (χ0n) is 17.3. The first kappa shape index (κ1) is 20.9. The van der Waals surface area contributed by atoms with Gasteiger partial charge in [-0.15, -0.1) is 0 Å². The fourth-order valence-electron chi connectivity index (χ4n) is 4.87. The number of aliphatic hydroxyl groups is 1. The van der Waals surface area contributed by atoms with Gasteiger partial charge in [-0.05, 0) is 30.5 Å². The number of hydrogen-bond donors (Lipinski definition) is 1. The summed E-state index contributed by atoms with van der Waals surface area (Å²) in [6.45, 7) is 2.11. The van der Waals surface area contributed by atoms with E-state index in [1.807, 2.05) is 24.3 Å². The zero-order chi connectivity index (χ0) is 21.1. The second kappa shape index (κ2) is 9.17. The lowest BCUT2D eigenvalue weighted by Gasteiger charge is -2.59. The van der Waals surface area contributed by atoms with E-state index in [-0.39, 0.29) is 48.9 Å². The summed E-state index contributed by atoms with van der Waals surface area (Å²) in [6.07, 6.45) is 1.43. The van der Waals surface area contributed by atoms with Gasteiger partial charge in [-0.1, -0.05) is 24.0 Å². The topological polar surface area (TPSA) is 79.3 Å². The number of carbonyl (C=O) groups excluding carboxylic acids is 2. The van der Waals surface area contributed by atoms with Crippen molar-refractivity contribution in [3.8, 4) is 11.8 Å². The average Bonchev–Trinajstić information content (AvgIpc) is 2.76. The molecule has 3 atom stereocenters. The Kier molecular flexibility index (Phi) is 6.38. The van der Waals surface area contributed by atoms with Crippen LogP contribution in [0.1, 0.15) is 29.9 Å². The smallest absolute Gasteiger partial charge is 0.242 e. The molecule has 7 heteroatoms. The minimum Gasteiger partial charge on any atom is -0.394 e. The van der Waals surface area contributed by atoms with E-state index in [1.165, 1.54) is 0 Å². The second-order valence-electron chi connectivity index (χ2n) is 8.11. The number of hydrogen-bond acceptors (Lipinski definition) is 5. The lowest BCUT2D eigenvalue weighted by molar-refractivity contribution is -0.169. The molecule has 1 N–H and O–H groups in total. The van der Waals surface area contributed by atoms with Crippen molar-refractivity contribution in [2.75, 3.05) is 46.6 Å². The maximum absolute atomic E-state index is 13.0. The fourth-order valence-corrected chi connectivity index (χ4v) is 4.87. The number of aliphatic hydroxyl groups excluding tert-OH is 1. The van der Waals surface area contributed by atoms with Crippen LogP contribution in [0.15, 0.2) is 24.3 Å². The third-order valence-corrected chi connectivity index (χ3v) is 6.38. The number of fused-ring (bicyclic) bond motifs is 1. The lowest BCUT2D eigenvalue weighted by Crippen LogP contribution is -2.73. The maximum atomic E-state index is 13.0. The van der Waals surface area contributed by atoms with Crippen LogP contribution in [0.2, 0.25) is 0 Å². The van der Waals surface area contributed by atoms with Gasteiger partial charge >= 0.3 is 0 Å². The second-order valence-corrected chi connectivity index (χ2v) is 8.11. The molecule has 1 aromatic rings. The number of nitrogens with zero attached hydrogens (tertiary/aromatic N) is 2. The van der Waals surface area contributed by atoms with Crippen molar-refractivity contribution in [3.05, 3.63) is 35.4 Å². The zero-order valence-corrected chi connectivity index (χ0v) is 17.3. The molecule has 0 unspecified atom stereocenters. The molecule has 7 nitrogen and oxygen atoms in total. The molecule has 3 aliphatic rings. The molecule has 1 aromatic carbocycles. The van der Waals surface area contributed by atoms with E-state index in [9.17, 15) is 14.7 Å². The molecular weight excluding hydrogens is 384 g/mol. The van der Waals surface area contributed by atoms with E-state index in [0.29, 0.717) is 39.2 Å². The molecular formula is C23H28N2O5. The molecule has 3 heterocycles. The number of methoxy groups -OCH3 is 1. The highest BCUT2D eigenvalue weighted by atomic mass is 16.5. The first-order valence-electron chi connectivity index (χ1n) is 10.5. The molecule has 3 fully saturated rings. The summed E-state index contributed by atoms with van der Waals surface area (Å²) in [5.74, 6) is 5.89. The molecule has 3 aliphatic heterocycles. The normalized spacial score (nSPS) is 26.5. The van der Waals surface area contributed by atoms with Gasteiger partial charge in [0, 0.05) is 44.3 Å². The van der Waals surface area contributed by atoms with Crippen molar-refractivity contribution in [2.45, 2.75) is 30.8 Å². The number of carbonyl (C=O) groups is 2. The molecule has 3 saturated heterocycles. The number of amides is 2. The summed E-state index contributed by atoms with van der Waals surface area (Å²) >= 11 is 0. The van der Waals surface area contributed by atoms with Gasteiger partial charge < -0.3 is 24.4 Å². The Balaban J connectivity index is 1.49. The van der Waals surface area contributed by atoms with E-state index in [0.717, 1.165) is 11.1 Å². The number of rotatable bonds is 4. The molecule has 0 spiro atoms. The average molecular weight is 412 g/mol. The van der Waals surface area contributed by atoms with Crippen molar-refractivity contribution in [3.63, 3.8) is 0 Å². The molecule has 0 bridgehead atoms. The van der Waals surface area contributed by atoms with Crippen LogP contribution in [0, 0.1) is 17.8 Å². The van der Waals surface area contributed by atoms with Crippen LogP contribution >= 0.6 is 0 Å². The molecule has 160 valence electrons. The largest absolute Gasteiger partial charge is 0.394 e. The van der Waals surface area contributed by atoms with E-state index in [2.05, 4.69) is 11.8 Å². The predicted octanol–water partition coefficient (Wildman–Crippen LogP) is 0.609. The standard InChI is InChI=1S/C23H28N2O5/c1-29-10-2-3-16-4-6-17(7-5-16)22-19-13-24(14-21(27)25(19)20(22)15-26)23(28)18-8-11-30-12-9-18/h4-7,18-20,22,26H,8-15H2,1H3/t19-,20-,22+/m0/s1. The summed E-state index contributed by atoms with van der Waals surface area (Å²) in [5.41, 5.74) is 1.95. The summed E-state index contributed by atoms with van der Waals surface area (Å²) in [6, 6.07) is 7.57. The Hall–Kier alpha value is -2.40. The first-order valence-corrected chi connectivity index (χ1v) is 10.5. The van der Waals surface area contributed by atoms with Gasteiger partial charge in [-0.3, -0.25) is 9.59 Å².